The van der Waals surface area contributed by atoms with Gasteiger partial charge in [-0.3, -0.25) is 13.9 Å². The Morgan fingerprint density at radius 3 is 2.42 bits per heavy atom. The lowest BCUT2D eigenvalue weighted by atomic mass is 10.2. The molecule has 0 radical (unpaired) electrons. The van der Waals surface area contributed by atoms with Crippen molar-refractivity contribution in [2.45, 2.75) is 11.8 Å². The van der Waals surface area contributed by atoms with E-state index >= 15 is 0 Å². The molecule has 2 aromatic heterocycles. The minimum atomic E-state index is -4.18. The zero-order chi connectivity index (χ0) is 17.8. The zero-order valence-corrected chi connectivity index (χ0v) is 13.8. The molecule has 126 valence electrons. The summed E-state index contributed by atoms with van der Waals surface area (Å²) in [4.78, 5) is 28.0. The fourth-order valence-electron chi connectivity index (χ4n) is 2.51. The summed E-state index contributed by atoms with van der Waals surface area (Å²) in [5.41, 5.74) is -1.50. The molecule has 0 fully saturated rings. The average molecular weight is 352 g/mol. The highest BCUT2D eigenvalue weighted by atomic mass is 32.2. The van der Waals surface area contributed by atoms with Crippen molar-refractivity contribution in [1.29, 1.82) is 0 Å². The van der Waals surface area contributed by atoms with Crippen molar-refractivity contribution < 1.29 is 12.8 Å². The van der Waals surface area contributed by atoms with Gasteiger partial charge in [-0.15, -0.1) is 0 Å². The first kappa shape index (κ1) is 16.1. The molecule has 0 aliphatic heterocycles. The Hall–Kier alpha value is -2.75. The third-order valence-electron chi connectivity index (χ3n) is 3.79. The number of hydrogen-bond donors (Lipinski definition) is 0. The number of benzene rings is 1. The number of halogens is 1. The largest absolute Gasteiger partial charge is 0.332 e. The molecule has 0 unspecified atom stereocenters. The van der Waals surface area contributed by atoms with E-state index in [2.05, 4.69) is 4.98 Å². The summed E-state index contributed by atoms with van der Waals surface area (Å²) in [6.07, 6.45) is 0.962. The van der Waals surface area contributed by atoms with Crippen LogP contribution in [0.2, 0.25) is 0 Å². The second kappa shape index (κ2) is 5.13. The summed E-state index contributed by atoms with van der Waals surface area (Å²) in [5.74, 6) is -0.569. The lowest BCUT2D eigenvalue weighted by Gasteiger charge is -2.10. The molecule has 0 aliphatic carbocycles. The van der Waals surface area contributed by atoms with Gasteiger partial charge >= 0.3 is 5.69 Å². The number of aromatic nitrogens is 4. The Bertz CT molecular complexity index is 1200. The van der Waals surface area contributed by atoms with Gasteiger partial charge in [0.15, 0.2) is 11.2 Å². The number of aryl methyl sites for hydroxylation is 2. The van der Waals surface area contributed by atoms with Crippen molar-refractivity contribution in [2.24, 2.45) is 14.1 Å². The second-order valence-electron chi connectivity index (χ2n) is 5.33. The highest BCUT2D eigenvalue weighted by Crippen LogP contribution is 2.21. The standard InChI is InChI=1S/C14H13FN4O4S/c1-8-6-9(15)4-5-10(8)24(22,23)19-7-16-12-11(19)13(20)18(3)14(21)17(12)2/h4-7H,1-3H3. The Kier molecular flexibility index (Phi) is 3.44. The van der Waals surface area contributed by atoms with E-state index in [1.807, 2.05) is 0 Å². The molecule has 0 saturated carbocycles. The topological polar surface area (TPSA) is 96.0 Å². The third-order valence-corrected chi connectivity index (χ3v) is 5.60. The summed E-state index contributed by atoms with van der Waals surface area (Å²) in [6, 6.07) is 3.23. The molecule has 2 heterocycles. The molecule has 0 saturated heterocycles. The number of hydrogen-bond acceptors (Lipinski definition) is 5. The SMILES string of the molecule is Cc1cc(F)ccc1S(=O)(=O)n1cnc2c1c(=O)n(C)c(=O)n2C. The van der Waals surface area contributed by atoms with Crippen LogP contribution in [0.3, 0.4) is 0 Å². The maximum atomic E-state index is 13.2. The predicted molar refractivity (Wildman–Crippen MR) is 83.9 cm³/mol. The van der Waals surface area contributed by atoms with Gasteiger partial charge in [0.05, 0.1) is 4.90 Å². The number of nitrogens with zero attached hydrogens (tertiary/aromatic N) is 4. The van der Waals surface area contributed by atoms with Crippen LogP contribution in [0.4, 0.5) is 4.39 Å². The molecule has 0 aliphatic rings. The fourth-order valence-corrected chi connectivity index (χ4v) is 4.00. The molecule has 0 amide bonds. The van der Waals surface area contributed by atoms with Gasteiger partial charge in [-0.2, -0.15) is 0 Å². The second-order valence-corrected chi connectivity index (χ2v) is 7.12. The number of fused-ring (bicyclic) bond motifs is 1. The normalized spacial score (nSPS) is 12.0. The monoisotopic (exact) mass is 352 g/mol. The summed E-state index contributed by atoms with van der Waals surface area (Å²) >= 11 is 0. The van der Waals surface area contributed by atoms with Crippen molar-refractivity contribution in [2.75, 3.05) is 0 Å². The van der Waals surface area contributed by atoms with Crippen LogP contribution in [0.1, 0.15) is 5.56 Å². The van der Waals surface area contributed by atoms with Crippen LogP contribution in [0, 0.1) is 12.7 Å². The van der Waals surface area contributed by atoms with E-state index in [1.54, 1.807) is 0 Å². The molecule has 3 aromatic rings. The van der Waals surface area contributed by atoms with Crippen molar-refractivity contribution in [1.82, 2.24) is 18.1 Å². The molecular formula is C14H13FN4O4S. The van der Waals surface area contributed by atoms with Gasteiger partial charge in [-0.05, 0) is 30.7 Å². The lowest BCUT2D eigenvalue weighted by Crippen LogP contribution is -2.38. The first-order chi connectivity index (χ1) is 11.2. The maximum Gasteiger partial charge on any atom is 0.332 e. The average Bonchev–Trinajstić information content (AvgIpc) is 2.96. The van der Waals surface area contributed by atoms with E-state index in [1.165, 1.54) is 21.0 Å². The molecule has 1 aromatic carbocycles. The van der Waals surface area contributed by atoms with Crippen LogP contribution >= 0.6 is 0 Å². The molecule has 10 heteroatoms. The van der Waals surface area contributed by atoms with Crippen molar-refractivity contribution in [3.05, 3.63) is 56.7 Å². The smallest absolute Gasteiger partial charge is 0.279 e. The summed E-state index contributed by atoms with van der Waals surface area (Å²) in [5, 5.41) is 0. The van der Waals surface area contributed by atoms with Crippen molar-refractivity contribution in [3.8, 4) is 0 Å². The number of rotatable bonds is 2. The van der Waals surface area contributed by atoms with Crippen LogP contribution in [-0.2, 0) is 24.1 Å². The lowest BCUT2D eigenvalue weighted by molar-refractivity contribution is 0.586. The highest BCUT2D eigenvalue weighted by Gasteiger charge is 2.25. The van der Waals surface area contributed by atoms with Crippen molar-refractivity contribution >= 4 is 21.2 Å². The zero-order valence-electron chi connectivity index (χ0n) is 13.0. The molecular weight excluding hydrogens is 339 g/mol. The highest BCUT2D eigenvalue weighted by molar-refractivity contribution is 7.90. The van der Waals surface area contributed by atoms with Gasteiger partial charge in [0.1, 0.15) is 12.1 Å². The molecule has 8 nitrogen and oxygen atoms in total. The van der Waals surface area contributed by atoms with Crippen LogP contribution in [0.25, 0.3) is 11.2 Å². The first-order valence-electron chi connectivity index (χ1n) is 6.81. The van der Waals surface area contributed by atoms with Gasteiger partial charge in [0.2, 0.25) is 0 Å². The summed E-state index contributed by atoms with van der Waals surface area (Å²) in [6.45, 7) is 1.45. The summed E-state index contributed by atoms with van der Waals surface area (Å²) < 4.78 is 41.6. The van der Waals surface area contributed by atoms with E-state index in [4.69, 9.17) is 0 Å². The summed E-state index contributed by atoms with van der Waals surface area (Å²) in [7, 11) is -1.55. The minimum Gasteiger partial charge on any atom is -0.279 e. The van der Waals surface area contributed by atoms with Crippen LogP contribution in [-0.4, -0.2) is 26.5 Å². The van der Waals surface area contributed by atoms with E-state index in [-0.39, 0.29) is 21.6 Å². The van der Waals surface area contributed by atoms with E-state index in [0.717, 1.165) is 33.7 Å². The molecule has 0 spiro atoms. The maximum absolute atomic E-state index is 13.2. The van der Waals surface area contributed by atoms with Gasteiger partial charge in [0.25, 0.3) is 15.6 Å². The Morgan fingerprint density at radius 1 is 1.12 bits per heavy atom. The van der Waals surface area contributed by atoms with Gasteiger partial charge in [-0.25, -0.2) is 26.6 Å². The third kappa shape index (κ3) is 2.10. The fraction of sp³-hybridized carbons (Fsp3) is 0.214. The van der Waals surface area contributed by atoms with Gasteiger partial charge < -0.3 is 0 Å². The predicted octanol–water partition coefficient (Wildman–Crippen LogP) is 0.118. The van der Waals surface area contributed by atoms with E-state index in [9.17, 15) is 22.4 Å². The minimum absolute atomic E-state index is 0.0496. The molecule has 3 rings (SSSR count). The Balaban J connectivity index is 2.43. The molecule has 0 bridgehead atoms. The first-order valence-corrected chi connectivity index (χ1v) is 8.25. The Morgan fingerprint density at radius 2 is 1.79 bits per heavy atom. The molecule has 0 atom stereocenters. The van der Waals surface area contributed by atoms with Crippen LogP contribution in [0.15, 0.2) is 39.0 Å². The van der Waals surface area contributed by atoms with Crippen molar-refractivity contribution in [3.63, 3.8) is 0 Å². The van der Waals surface area contributed by atoms with E-state index in [0.29, 0.717) is 3.97 Å². The molecule has 0 N–H and O–H groups in total. The number of imidazole rings is 1. The van der Waals surface area contributed by atoms with Crippen LogP contribution < -0.4 is 11.2 Å². The van der Waals surface area contributed by atoms with Crippen LogP contribution in [0.5, 0.6) is 0 Å². The quantitative estimate of drug-likeness (QED) is 0.653. The van der Waals surface area contributed by atoms with Gasteiger partial charge in [0, 0.05) is 14.1 Å². The Labute approximate surface area is 135 Å². The van der Waals surface area contributed by atoms with Gasteiger partial charge in [-0.1, -0.05) is 0 Å². The molecule has 24 heavy (non-hydrogen) atoms. The van der Waals surface area contributed by atoms with E-state index < -0.39 is 27.1 Å².